The molecule has 0 bridgehead atoms. The highest BCUT2D eigenvalue weighted by molar-refractivity contribution is 7.98. The number of nitrogens with one attached hydrogen (secondary N) is 1. The number of carbonyl (C=O) groups is 1. The zero-order valence-corrected chi connectivity index (χ0v) is 16.2. The van der Waals surface area contributed by atoms with Gasteiger partial charge in [-0.15, -0.1) is 11.8 Å². The summed E-state index contributed by atoms with van der Waals surface area (Å²) in [6.07, 6.45) is 3.60. The lowest BCUT2D eigenvalue weighted by Gasteiger charge is -2.35. The lowest BCUT2D eigenvalue weighted by atomic mass is 10.0. The molecule has 0 spiro atoms. The fourth-order valence-electron chi connectivity index (χ4n) is 3.02. The van der Waals surface area contributed by atoms with E-state index in [2.05, 4.69) is 15.2 Å². The number of hydrogen-bond donors (Lipinski definition) is 1. The minimum Gasteiger partial charge on any atom is -0.379 e. The molecule has 1 saturated heterocycles. The van der Waals surface area contributed by atoms with Crippen LogP contribution in [0.2, 0.25) is 5.02 Å². The van der Waals surface area contributed by atoms with Crippen molar-refractivity contribution in [1.29, 1.82) is 0 Å². The third-order valence-corrected chi connectivity index (χ3v) is 5.40. The van der Waals surface area contributed by atoms with E-state index in [4.69, 9.17) is 16.3 Å². The third kappa shape index (κ3) is 4.76. The highest BCUT2D eigenvalue weighted by Crippen LogP contribution is 2.28. The maximum atomic E-state index is 12.6. The van der Waals surface area contributed by atoms with E-state index in [-0.39, 0.29) is 11.9 Å². The van der Waals surface area contributed by atoms with Crippen LogP contribution in [0.3, 0.4) is 0 Å². The Morgan fingerprint density at radius 1 is 1.35 bits per heavy atom. The van der Waals surface area contributed by atoms with E-state index in [0.29, 0.717) is 30.3 Å². The first-order valence-corrected chi connectivity index (χ1v) is 10.1. The number of pyridine rings is 1. The van der Waals surface area contributed by atoms with Gasteiger partial charge in [-0.25, -0.2) is 4.98 Å². The summed E-state index contributed by atoms with van der Waals surface area (Å²) in [5.41, 5.74) is 1.64. The molecule has 1 amide bonds. The van der Waals surface area contributed by atoms with Gasteiger partial charge in [0.15, 0.2) is 0 Å². The molecule has 1 unspecified atom stereocenters. The van der Waals surface area contributed by atoms with Crippen molar-refractivity contribution in [2.24, 2.45) is 0 Å². The number of benzene rings is 1. The number of ether oxygens (including phenoxy) is 1. The van der Waals surface area contributed by atoms with E-state index in [0.717, 1.165) is 23.7 Å². The fraction of sp³-hybridized carbons (Fsp3) is 0.368. The van der Waals surface area contributed by atoms with Crippen molar-refractivity contribution in [3.63, 3.8) is 0 Å². The Balaban J connectivity index is 1.75. The summed E-state index contributed by atoms with van der Waals surface area (Å²) < 4.78 is 5.47. The first-order chi connectivity index (χ1) is 12.7. The molecule has 1 aromatic heterocycles. The van der Waals surface area contributed by atoms with E-state index in [1.807, 2.05) is 30.5 Å². The van der Waals surface area contributed by atoms with Crippen molar-refractivity contribution in [2.45, 2.75) is 11.1 Å². The Morgan fingerprint density at radius 2 is 2.12 bits per heavy atom. The van der Waals surface area contributed by atoms with Gasteiger partial charge < -0.3 is 10.1 Å². The van der Waals surface area contributed by atoms with Crippen LogP contribution in [0, 0.1) is 0 Å². The van der Waals surface area contributed by atoms with Gasteiger partial charge in [0.05, 0.1) is 24.3 Å². The Hall–Kier alpha value is -1.60. The molecule has 7 heteroatoms. The Morgan fingerprint density at radius 3 is 2.85 bits per heavy atom. The maximum absolute atomic E-state index is 12.6. The molecule has 0 radical (unpaired) electrons. The second kappa shape index (κ2) is 9.37. The van der Waals surface area contributed by atoms with Crippen molar-refractivity contribution >= 4 is 29.3 Å². The highest BCUT2D eigenvalue weighted by atomic mass is 35.5. The smallest absolute Gasteiger partial charge is 0.251 e. The van der Waals surface area contributed by atoms with Crippen LogP contribution in [-0.2, 0) is 4.74 Å². The number of morpholine rings is 1. The molecule has 1 aliphatic heterocycles. The van der Waals surface area contributed by atoms with Crippen molar-refractivity contribution in [3.8, 4) is 0 Å². The normalized spacial score (nSPS) is 16.2. The van der Waals surface area contributed by atoms with Gasteiger partial charge in [0.2, 0.25) is 0 Å². The minimum atomic E-state index is -0.104. The fourth-order valence-corrected chi connectivity index (χ4v) is 3.70. The maximum Gasteiger partial charge on any atom is 0.251 e. The number of aromatic nitrogens is 1. The SMILES string of the molecule is CSc1cc(C(=O)NCC(c2ccccc2Cl)N2CCOCC2)ccn1. The van der Waals surface area contributed by atoms with E-state index in [9.17, 15) is 4.79 Å². The van der Waals surface area contributed by atoms with Crippen LogP contribution in [0.25, 0.3) is 0 Å². The van der Waals surface area contributed by atoms with Crippen LogP contribution in [-0.4, -0.2) is 54.9 Å². The van der Waals surface area contributed by atoms with Gasteiger partial charge >= 0.3 is 0 Å². The van der Waals surface area contributed by atoms with Gasteiger partial charge in [-0.3, -0.25) is 9.69 Å². The van der Waals surface area contributed by atoms with E-state index in [1.54, 1.807) is 18.3 Å². The van der Waals surface area contributed by atoms with Crippen LogP contribution in [0.4, 0.5) is 0 Å². The average molecular weight is 392 g/mol. The Kier molecular flexibility index (Phi) is 6.91. The summed E-state index contributed by atoms with van der Waals surface area (Å²) in [4.78, 5) is 19.1. The summed E-state index contributed by atoms with van der Waals surface area (Å²) in [7, 11) is 0. The van der Waals surface area contributed by atoms with E-state index >= 15 is 0 Å². The molecule has 1 fully saturated rings. The van der Waals surface area contributed by atoms with Crippen LogP contribution < -0.4 is 5.32 Å². The summed E-state index contributed by atoms with van der Waals surface area (Å²) >= 11 is 7.94. The van der Waals surface area contributed by atoms with Crippen molar-refractivity contribution in [3.05, 3.63) is 58.7 Å². The number of carbonyl (C=O) groups excluding carboxylic acids is 1. The molecular formula is C19H22ClN3O2S. The van der Waals surface area contributed by atoms with Gasteiger partial charge in [-0.1, -0.05) is 29.8 Å². The van der Waals surface area contributed by atoms with Gasteiger partial charge in [0.1, 0.15) is 0 Å². The summed E-state index contributed by atoms with van der Waals surface area (Å²) in [6.45, 7) is 3.50. The van der Waals surface area contributed by atoms with E-state index in [1.165, 1.54) is 11.8 Å². The summed E-state index contributed by atoms with van der Waals surface area (Å²) in [6, 6.07) is 11.4. The van der Waals surface area contributed by atoms with Crippen molar-refractivity contribution < 1.29 is 9.53 Å². The highest BCUT2D eigenvalue weighted by Gasteiger charge is 2.25. The van der Waals surface area contributed by atoms with Gasteiger partial charge in [0, 0.05) is 36.4 Å². The standard InChI is InChI=1S/C19H22ClN3O2S/c1-26-18-12-14(6-7-21-18)19(24)22-13-17(23-8-10-25-11-9-23)15-4-2-3-5-16(15)20/h2-7,12,17H,8-11,13H2,1H3,(H,22,24). The van der Waals surface area contributed by atoms with Gasteiger partial charge in [0.25, 0.3) is 5.91 Å². The Labute approximate surface area is 163 Å². The molecular weight excluding hydrogens is 370 g/mol. The molecule has 2 aromatic rings. The summed E-state index contributed by atoms with van der Waals surface area (Å²) in [5.74, 6) is -0.104. The van der Waals surface area contributed by atoms with Crippen LogP contribution in [0.1, 0.15) is 22.0 Å². The van der Waals surface area contributed by atoms with Crippen LogP contribution in [0.5, 0.6) is 0 Å². The van der Waals surface area contributed by atoms with Crippen molar-refractivity contribution in [2.75, 3.05) is 39.1 Å². The number of nitrogens with zero attached hydrogens (tertiary/aromatic N) is 2. The monoisotopic (exact) mass is 391 g/mol. The van der Waals surface area contributed by atoms with Gasteiger partial charge in [-0.05, 0) is 30.0 Å². The molecule has 0 aliphatic carbocycles. The molecule has 2 heterocycles. The predicted octanol–water partition coefficient (Wildman–Crippen LogP) is 3.26. The quantitative estimate of drug-likeness (QED) is 0.766. The number of halogens is 1. The number of hydrogen-bond acceptors (Lipinski definition) is 5. The molecule has 1 N–H and O–H groups in total. The van der Waals surface area contributed by atoms with E-state index < -0.39 is 0 Å². The first kappa shape index (κ1) is 19.2. The Bertz CT molecular complexity index is 753. The zero-order chi connectivity index (χ0) is 18.4. The molecule has 1 aliphatic rings. The molecule has 1 atom stereocenters. The van der Waals surface area contributed by atoms with Crippen LogP contribution in [0.15, 0.2) is 47.6 Å². The minimum absolute atomic E-state index is 0.0124. The first-order valence-electron chi connectivity index (χ1n) is 8.53. The topological polar surface area (TPSA) is 54.5 Å². The number of amides is 1. The molecule has 26 heavy (non-hydrogen) atoms. The molecule has 138 valence electrons. The third-order valence-electron chi connectivity index (χ3n) is 4.41. The van der Waals surface area contributed by atoms with Gasteiger partial charge in [-0.2, -0.15) is 0 Å². The lowest BCUT2D eigenvalue weighted by molar-refractivity contribution is 0.0162. The zero-order valence-electron chi connectivity index (χ0n) is 14.7. The molecule has 1 aromatic carbocycles. The average Bonchev–Trinajstić information content (AvgIpc) is 2.70. The molecule has 5 nitrogen and oxygen atoms in total. The lowest BCUT2D eigenvalue weighted by Crippen LogP contribution is -2.44. The van der Waals surface area contributed by atoms with Crippen molar-refractivity contribution in [1.82, 2.24) is 15.2 Å². The second-order valence-corrected chi connectivity index (χ2v) is 7.22. The second-order valence-electron chi connectivity index (χ2n) is 5.98. The predicted molar refractivity (Wildman–Crippen MR) is 105 cm³/mol. The van der Waals surface area contributed by atoms with Crippen LogP contribution >= 0.6 is 23.4 Å². The number of thioether (sulfide) groups is 1. The number of rotatable bonds is 6. The summed E-state index contributed by atoms with van der Waals surface area (Å²) in [5, 5.41) is 4.60. The largest absolute Gasteiger partial charge is 0.379 e. The molecule has 3 rings (SSSR count). The molecule has 0 saturated carbocycles.